The van der Waals surface area contributed by atoms with Crippen molar-refractivity contribution >= 4 is 17.2 Å². The number of nitrogens with one attached hydrogen (secondary N) is 2. The Hall–Kier alpha value is -0.910. The van der Waals surface area contributed by atoms with Crippen LogP contribution in [-0.2, 0) is 17.8 Å². The molecule has 0 saturated carbocycles. The topological polar surface area (TPSA) is 44.4 Å². The average molecular weight is 281 g/mol. The molecule has 1 saturated heterocycles. The van der Waals surface area contributed by atoms with E-state index in [1.165, 1.54) is 9.75 Å². The van der Waals surface area contributed by atoms with Crippen LogP contribution in [0.3, 0.4) is 0 Å². The van der Waals surface area contributed by atoms with E-state index in [0.29, 0.717) is 6.54 Å². The number of carbonyl (C=O) groups excluding carboxylic acids is 1. The van der Waals surface area contributed by atoms with Gasteiger partial charge >= 0.3 is 0 Å². The molecule has 1 fully saturated rings. The number of likely N-dealkylation sites (N-methyl/N-ethyl adjacent to an activating group) is 1. The Morgan fingerprint density at radius 2 is 2.26 bits per heavy atom. The largest absolute Gasteiger partial charge is 0.355 e. The number of hydrogen-bond donors (Lipinski definition) is 2. The third-order valence-electron chi connectivity index (χ3n) is 3.43. The maximum absolute atomic E-state index is 12.1. The molecule has 1 unspecified atom stereocenters. The minimum absolute atomic E-state index is 0.0409. The number of carbonyl (C=O) groups is 1. The number of nitrogens with zero attached hydrogens (tertiary/aromatic N) is 1. The average Bonchev–Trinajstić information content (AvgIpc) is 2.87. The molecular weight excluding hydrogens is 258 g/mol. The first-order chi connectivity index (χ1) is 9.24. The molecule has 1 aromatic heterocycles. The van der Waals surface area contributed by atoms with Gasteiger partial charge in [0.2, 0.25) is 5.91 Å². The molecule has 0 bridgehead atoms. The minimum Gasteiger partial charge on any atom is -0.355 e. The van der Waals surface area contributed by atoms with E-state index in [1.807, 2.05) is 18.3 Å². The number of rotatable bonds is 5. The maximum Gasteiger partial charge on any atom is 0.238 e. The summed E-state index contributed by atoms with van der Waals surface area (Å²) in [7, 11) is 0. The van der Waals surface area contributed by atoms with Crippen molar-refractivity contribution in [3.63, 3.8) is 0 Å². The summed E-state index contributed by atoms with van der Waals surface area (Å²) in [5.74, 6) is 0.141. The van der Waals surface area contributed by atoms with Crippen LogP contribution in [0.5, 0.6) is 0 Å². The van der Waals surface area contributed by atoms with E-state index in [2.05, 4.69) is 34.6 Å². The summed E-state index contributed by atoms with van der Waals surface area (Å²) >= 11 is 1.86. The van der Waals surface area contributed by atoms with Crippen molar-refractivity contribution < 1.29 is 4.79 Å². The van der Waals surface area contributed by atoms with E-state index in [0.717, 1.165) is 32.6 Å². The lowest BCUT2D eigenvalue weighted by Crippen LogP contribution is -2.57. The first-order valence-corrected chi connectivity index (χ1v) is 7.86. The highest BCUT2D eigenvalue weighted by Crippen LogP contribution is 2.20. The van der Waals surface area contributed by atoms with E-state index >= 15 is 0 Å². The van der Waals surface area contributed by atoms with Crippen molar-refractivity contribution in [1.29, 1.82) is 0 Å². The Morgan fingerprint density at radius 3 is 2.95 bits per heavy atom. The second-order valence-corrected chi connectivity index (χ2v) is 6.06. The molecule has 0 radical (unpaired) electrons. The zero-order valence-corrected chi connectivity index (χ0v) is 12.6. The van der Waals surface area contributed by atoms with Crippen LogP contribution in [0.15, 0.2) is 12.1 Å². The molecule has 2 heterocycles. The van der Waals surface area contributed by atoms with Gasteiger partial charge in [-0.2, -0.15) is 0 Å². The lowest BCUT2D eigenvalue weighted by atomic mass is 10.1. The second-order valence-electron chi connectivity index (χ2n) is 4.81. The van der Waals surface area contributed by atoms with Crippen molar-refractivity contribution in [3.05, 3.63) is 21.9 Å². The summed E-state index contributed by atoms with van der Waals surface area (Å²) in [6.45, 7) is 8.36. The molecule has 106 valence electrons. The zero-order chi connectivity index (χ0) is 13.7. The Morgan fingerprint density at radius 1 is 1.47 bits per heavy atom. The van der Waals surface area contributed by atoms with Crippen LogP contribution in [0, 0.1) is 0 Å². The normalized spacial score (nSPS) is 20.4. The first kappa shape index (κ1) is 14.5. The van der Waals surface area contributed by atoms with Gasteiger partial charge in [0, 0.05) is 42.5 Å². The van der Waals surface area contributed by atoms with Gasteiger partial charge in [-0.25, -0.2) is 0 Å². The van der Waals surface area contributed by atoms with Gasteiger partial charge in [-0.05, 0) is 25.5 Å². The quantitative estimate of drug-likeness (QED) is 0.853. The van der Waals surface area contributed by atoms with Gasteiger partial charge in [0.1, 0.15) is 6.04 Å². The van der Waals surface area contributed by atoms with Crippen LogP contribution in [0.1, 0.15) is 23.6 Å². The molecule has 19 heavy (non-hydrogen) atoms. The SMILES string of the molecule is CCNC(=O)C1CNCCN1Cc1ccc(CC)s1. The van der Waals surface area contributed by atoms with Gasteiger partial charge < -0.3 is 10.6 Å². The molecule has 1 aliphatic heterocycles. The lowest BCUT2D eigenvalue weighted by molar-refractivity contribution is -0.127. The molecular formula is C14H23N3OS. The number of hydrogen-bond acceptors (Lipinski definition) is 4. The van der Waals surface area contributed by atoms with E-state index in [9.17, 15) is 4.79 Å². The summed E-state index contributed by atoms with van der Waals surface area (Å²) in [6, 6.07) is 4.35. The van der Waals surface area contributed by atoms with Gasteiger partial charge in [0.15, 0.2) is 0 Å². The van der Waals surface area contributed by atoms with Gasteiger partial charge in [-0.3, -0.25) is 9.69 Å². The van der Waals surface area contributed by atoms with E-state index in [4.69, 9.17) is 0 Å². The van der Waals surface area contributed by atoms with Crippen molar-refractivity contribution in [2.24, 2.45) is 0 Å². The molecule has 1 aliphatic rings. The second kappa shape index (κ2) is 7.03. The summed E-state index contributed by atoms with van der Waals surface area (Å²) < 4.78 is 0. The standard InChI is InChI=1S/C14H23N3OS/c1-3-11-5-6-12(19-11)10-17-8-7-15-9-13(17)14(18)16-4-2/h5-6,13,15H,3-4,7-10H2,1-2H3,(H,16,18). The highest BCUT2D eigenvalue weighted by Gasteiger charge is 2.28. The van der Waals surface area contributed by atoms with Crippen molar-refractivity contribution in [1.82, 2.24) is 15.5 Å². The van der Waals surface area contributed by atoms with Crippen LogP contribution in [0.2, 0.25) is 0 Å². The predicted octanol–water partition coefficient (Wildman–Crippen LogP) is 1.22. The molecule has 0 aromatic carbocycles. The molecule has 0 aliphatic carbocycles. The Balaban J connectivity index is 2.00. The fourth-order valence-corrected chi connectivity index (χ4v) is 3.37. The smallest absolute Gasteiger partial charge is 0.238 e. The summed E-state index contributed by atoms with van der Waals surface area (Å²) in [6.07, 6.45) is 1.09. The molecule has 4 nitrogen and oxygen atoms in total. The van der Waals surface area contributed by atoms with Crippen molar-refractivity contribution in [2.45, 2.75) is 32.9 Å². The van der Waals surface area contributed by atoms with Crippen molar-refractivity contribution in [3.8, 4) is 0 Å². The lowest BCUT2D eigenvalue weighted by Gasteiger charge is -2.34. The molecule has 2 N–H and O–H groups in total. The number of piperazine rings is 1. The minimum atomic E-state index is -0.0409. The highest BCUT2D eigenvalue weighted by molar-refractivity contribution is 7.11. The maximum atomic E-state index is 12.1. The summed E-state index contributed by atoms with van der Waals surface area (Å²) in [5.41, 5.74) is 0. The van der Waals surface area contributed by atoms with Crippen LogP contribution >= 0.6 is 11.3 Å². The van der Waals surface area contributed by atoms with Crippen LogP contribution in [0.25, 0.3) is 0 Å². The van der Waals surface area contributed by atoms with E-state index in [1.54, 1.807) is 0 Å². The number of thiophene rings is 1. The van der Waals surface area contributed by atoms with E-state index < -0.39 is 0 Å². The summed E-state index contributed by atoms with van der Waals surface area (Å²) in [4.78, 5) is 17.1. The van der Waals surface area contributed by atoms with Crippen LogP contribution in [-0.4, -0.2) is 43.0 Å². The first-order valence-electron chi connectivity index (χ1n) is 7.04. The summed E-state index contributed by atoms with van der Waals surface area (Å²) in [5, 5.41) is 6.24. The molecule has 1 atom stereocenters. The number of amides is 1. The third kappa shape index (κ3) is 3.78. The third-order valence-corrected chi connectivity index (χ3v) is 4.65. The fraction of sp³-hybridized carbons (Fsp3) is 0.643. The van der Waals surface area contributed by atoms with Crippen LogP contribution in [0.4, 0.5) is 0 Å². The predicted molar refractivity (Wildman–Crippen MR) is 79.4 cm³/mol. The number of aryl methyl sites for hydroxylation is 1. The highest BCUT2D eigenvalue weighted by atomic mass is 32.1. The Kier molecular flexibility index (Phi) is 5.36. The van der Waals surface area contributed by atoms with Crippen molar-refractivity contribution in [2.75, 3.05) is 26.2 Å². The zero-order valence-electron chi connectivity index (χ0n) is 11.7. The van der Waals surface area contributed by atoms with Crippen LogP contribution < -0.4 is 10.6 Å². The van der Waals surface area contributed by atoms with Gasteiger partial charge in [-0.1, -0.05) is 6.92 Å². The Bertz CT molecular complexity index is 419. The van der Waals surface area contributed by atoms with E-state index in [-0.39, 0.29) is 11.9 Å². The molecule has 1 aromatic rings. The van der Waals surface area contributed by atoms with Gasteiger partial charge in [0.25, 0.3) is 0 Å². The molecule has 5 heteroatoms. The monoisotopic (exact) mass is 281 g/mol. The van der Waals surface area contributed by atoms with Gasteiger partial charge in [-0.15, -0.1) is 11.3 Å². The Labute approximate surface area is 119 Å². The molecule has 2 rings (SSSR count). The van der Waals surface area contributed by atoms with Gasteiger partial charge in [0.05, 0.1) is 0 Å². The fourth-order valence-electron chi connectivity index (χ4n) is 2.38. The molecule has 1 amide bonds. The molecule has 0 spiro atoms.